The summed E-state index contributed by atoms with van der Waals surface area (Å²) in [7, 11) is 0. The average Bonchev–Trinajstić information content (AvgIpc) is 2.98. The number of unbranched alkanes of at least 4 members (excludes halogenated alkanes) is 1. The highest BCUT2D eigenvalue weighted by Gasteiger charge is 2.22. The van der Waals surface area contributed by atoms with Crippen molar-refractivity contribution in [1.29, 1.82) is 0 Å². The third-order valence-electron chi connectivity index (χ3n) is 4.30. The molecule has 1 saturated heterocycles. The van der Waals surface area contributed by atoms with Gasteiger partial charge in [0.05, 0.1) is 6.61 Å². The Kier molecular flexibility index (Phi) is 6.80. The average molecular weight is 323 g/mol. The van der Waals surface area contributed by atoms with Crippen LogP contribution in [0.3, 0.4) is 0 Å². The number of amides is 2. The molecule has 1 aromatic carbocycles. The highest BCUT2D eigenvalue weighted by atomic mass is 19.1. The molecule has 1 aliphatic heterocycles. The number of benzene rings is 1. The number of aliphatic hydroxyl groups is 1. The number of urea groups is 1. The summed E-state index contributed by atoms with van der Waals surface area (Å²) in [4.78, 5) is 14.1. The topological polar surface area (TPSA) is 64.6 Å². The van der Waals surface area contributed by atoms with Gasteiger partial charge in [-0.25, -0.2) is 9.18 Å². The van der Waals surface area contributed by atoms with E-state index < -0.39 is 0 Å². The summed E-state index contributed by atoms with van der Waals surface area (Å²) in [5.41, 5.74) is 1.01. The fourth-order valence-corrected chi connectivity index (χ4v) is 2.88. The van der Waals surface area contributed by atoms with Gasteiger partial charge in [0.15, 0.2) is 0 Å². The first-order valence-electron chi connectivity index (χ1n) is 8.26. The van der Waals surface area contributed by atoms with E-state index >= 15 is 0 Å². The van der Waals surface area contributed by atoms with Crippen LogP contribution in [0.5, 0.6) is 0 Å². The molecule has 1 fully saturated rings. The van der Waals surface area contributed by atoms with Crippen molar-refractivity contribution in [3.63, 3.8) is 0 Å². The molecule has 0 saturated carbocycles. The quantitative estimate of drug-likeness (QED) is 0.676. The first-order valence-corrected chi connectivity index (χ1v) is 8.26. The maximum absolute atomic E-state index is 13.4. The van der Waals surface area contributed by atoms with Crippen LogP contribution >= 0.6 is 0 Å². The minimum Gasteiger partial charge on any atom is -0.395 e. The Morgan fingerprint density at radius 1 is 1.43 bits per heavy atom. The fourth-order valence-electron chi connectivity index (χ4n) is 2.88. The summed E-state index contributed by atoms with van der Waals surface area (Å²) in [5, 5.41) is 14.7. The van der Waals surface area contributed by atoms with E-state index in [1.165, 1.54) is 6.07 Å². The predicted octanol–water partition coefficient (Wildman–Crippen LogP) is 2.49. The number of halogens is 1. The van der Waals surface area contributed by atoms with Crippen molar-refractivity contribution >= 4 is 11.7 Å². The van der Waals surface area contributed by atoms with Crippen LogP contribution in [0.1, 0.15) is 31.2 Å². The van der Waals surface area contributed by atoms with Crippen molar-refractivity contribution in [2.75, 3.05) is 31.6 Å². The second-order valence-corrected chi connectivity index (χ2v) is 6.07. The van der Waals surface area contributed by atoms with Gasteiger partial charge in [0.2, 0.25) is 0 Å². The van der Waals surface area contributed by atoms with E-state index in [9.17, 15) is 14.3 Å². The number of carbonyl (C=O) groups is 1. The van der Waals surface area contributed by atoms with Gasteiger partial charge in [-0.2, -0.15) is 0 Å². The molecule has 128 valence electrons. The molecule has 0 bridgehead atoms. The third kappa shape index (κ3) is 5.48. The Labute approximate surface area is 136 Å². The zero-order valence-corrected chi connectivity index (χ0v) is 13.6. The van der Waals surface area contributed by atoms with Gasteiger partial charge in [0, 0.05) is 18.3 Å². The lowest BCUT2D eigenvalue weighted by atomic mass is 10.2. The maximum Gasteiger partial charge on any atom is 0.319 e. The standard InChI is InChI=1S/C17H26FN3O2/c1-13-6-7-14(11-16(13)18)20-17(23)19-8-2-3-9-21-10-4-5-15(21)12-22/h6-7,11,15,22H,2-5,8-10,12H2,1H3,(H2,19,20,23). The number of nitrogens with zero attached hydrogens (tertiary/aromatic N) is 1. The first-order chi connectivity index (χ1) is 11.1. The Hall–Kier alpha value is -1.66. The molecule has 5 nitrogen and oxygen atoms in total. The molecular formula is C17H26FN3O2. The van der Waals surface area contributed by atoms with Gasteiger partial charge in [0.1, 0.15) is 5.82 Å². The molecule has 0 spiro atoms. The van der Waals surface area contributed by atoms with Gasteiger partial charge < -0.3 is 15.7 Å². The molecule has 1 aromatic rings. The van der Waals surface area contributed by atoms with Crippen LogP contribution in [-0.2, 0) is 0 Å². The normalized spacial score (nSPS) is 18.1. The highest BCUT2D eigenvalue weighted by molar-refractivity contribution is 5.89. The molecule has 2 amide bonds. The predicted molar refractivity (Wildman–Crippen MR) is 89.1 cm³/mol. The van der Waals surface area contributed by atoms with Gasteiger partial charge in [0.25, 0.3) is 0 Å². The lowest BCUT2D eigenvalue weighted by Crippen LogP contribution is -2.34. The van der Waals surface area contributed by atoms with E-state index in [2.05, 4.69) is 15.5 Å². The monoisotopic (exact) mass is 323 g/mol. The molecular weight excluding hydrogens is 297 g/mol. The number of nitrogens with one attached hydrogen (secondary N) is 2. The Morgan fingerprint density at radius 3 is 3.00 bits per heavy atom. The number of carbonyl (C=O) groups excluding carboxylic acids is 1. The number of anilines is 1. The van der Waals surface area contributed by atoms with E-state index in [1.807, 2.05) is 0 Å². The summed E-state index contributed by atoms with van der Waals surface area (Å²) in [6.07, 6.45) is 4.09. The van der Waals surface area contributed by atoms with Crippen molar-refractivity contribution in [2.24, 2.45) is 0 Å². The molecule has 1 aliphatic rings. The Morgan fingerprint density at radius 2 is 2.26 bits per heavy atom. The van der Waals surface area contributed by atoms with Crippen molar-refractivity contribution in [2.45, 2.75) is 38.6 Å². The molecule has 6 heteroatoms. The molecule has 1 heterocycles. The number of hydrogen-bond acceptors (Lipinski definition) is 3. The number of likely N-dealkylation sites (tertiary alicyclic amines) is 1. The van der Waals surface area contributed by atoms with E-state index in [4.69, 9.17) is 0 Å². The molecule has 0 radical (unpaired) electrons. The summed E-state index contributed by atoms with van der Waals surface area (Å²) in [6, 6.07) is 4.63. The summed E-state index contributed by atoms with van der Waals surface area (Å²) >= 11 is 0. The summed E-state index contributed by atoms with van der Waals surface area (Å²) in [5.74, 6) is -0.327. The minimum absolute atomic E-state index is 0.230. The molecule has 23 heavy (non-hydrogen) atoms. The molecule has 2 rings (SSSR count). The lowest BCUT2D eigenvalue weighted by molar-refractivity contribution is 0.157. The molecule has 3 N–H and O–H groups in total. The first kappa shape index (κ1) is 17.7. The number of hydrogen-bond donors (Lipinski definition) is 3. The third-order valence-corrected chi connectivity index (χ3v) is 4.30. The molecule has 0 aromatic heterocycles. The number of aryl methyl sites for hydroxylation is 1. The zero-order valence-electron chi connectivity index (χ0n) is 13.6. The molecule has 0 aliphatic carbocycles. The molecule has 1 atom stereocenters. The van der Waals surface area contributed by atoms with Gasteiger partial charge in [-0.15, -0.1) is 0 Å². The number of aliphatic hydroxyl groups excluding tert-OH is 1. The van der Waals surface area contributed by atoms with Crippen LogP contribution in [0.4, 0.5) is 14.9 Å². The Balaban J connectivity index is 1.60. The van der Waals surface area contributed by atoms with E-state index in [0.29, 0.717) is 23.8 Å². The number of rotatable bonds is 7. The van der Waals surface area contributed by atoms with E-state index in [1.54, 1.807) is 19.1 Å². The Bertz CT molecular complexity index is 525. The van der Waals surface area contributed by atoms with Crippen LogP contribution in [0.2, 0.25) is 0 Å². The van der Waals surface area contributed by atoms with Crippen molar-refractivity contribution in [3.8, 4) is 0 Å². The van der Waals surface area contributed by atoms with Crippen LogP contribution in [0.15, 0.2) is 18.2 Å². The van der Waals surface area contributed by atoms with Crippen molar-refractivity contribution in [1.82, 2.24) is 10.2 Å². The van der Waals surface area contributed by atoms with E-state index in [0.717, 1.165) is 38.8 Å². The van der Waals surface area contributed by atoms with Crippen LogP contribution < -0.4 is 10.6 Å². The van der Waals surface area contributed by atoms with Gasteiger partial charge in [-0.05, 0) is 63.4 Å². The fraction of sp³-hybridized carbons (Fsp3) is 0.588. The lowest BCUT2D eigenvalue weighted by Gasteiger charge is -2.22. The SMILES string of the molecule is Cc1ccc(NC(=O)NCCCCN2CCCC2CO)cc1F. The smallest absolute Gasteiger partial charge is 0.319 e. The minimum atomic E-state index is -0.327. The van der Waals surface area contributed by atoms with E-state index in [-0.39, 0.29) is 18.5 Å². The summed E-state index contributed by atoms with van der Waals surface area (Å²) < 4.78 is 13.4. The van der Waals surface area contributed by atoms with Gasteiger partial charge in [-0.3, -0.25) is 4.90 Å². The largest absolute Gasteiger partial charge is 0.395 e. The van der Waals surface area contributed by atoms with Gasteiger partial charge >= 0.3 is 6.03 Å². The van der Waals surface area contributed by atoms with Gasteiger partial charge in [-0.1, -0.05) is 6.07 Å². The van der Waals surface area contributed by atoms with Crippen molar-refractivity contribution in [3.05, 3.63) is 29.6 Å². The second kappa shape index (κ2) is 8.84. The van der Waals surface area contributed by atoms with Crippen LogP contribution in [0, 0.1) is 12.7 Å². The second-order valence-electron chi connectivity index (χ2n) is 6.07. The zero-order chi connectivity index (χ0) is 16.7. The van der Waals surface area contributed by atoms with Crippen LogP contribution in [0.25, 0.3) is 0 Å². The van der Waals surface area contributed by atoms with Crippen molar-refractivity contribution < 1.29 is 14.3 Å². The molecule has 1 unspecified atom stereocenters. The highest BCUT2D eigenvalue weighted by Crippen LogP contribution is 2.17. The summed E-state index contributed by atoms with van der Waals surface area (Å²) in [6.45, 7) is 4.50. The maximum atomic E-state index is 13.4. The van der Waals surface area contributed by atoms with Crippen LogP contribution in [-0.4, -0.2) is 48.3 Å².